The van der Waals surface area contributed by atoms with E-state index in [0.717, 1.165) is 25.7 Å². The van der Waals surface area contributed by atoms with E-state index in [4.69, 9.17) is 9.47 Å². The van der Waals surface area contributed by atoms with Crippen LogP contribution in [0.4, 0.5) is 10.1 Å². The predicted molar refractivity (Wildman–Crippen MR) is 137 cm³/mol. The number of halogens is 1. The van der Waals surface area contributed by atoms with Crippen molar-refractivity contribution in [1.82, 2.24) is 20.3 Å². The Morgan fingerprint density at radius 2 is 1.79 bits per heavy atom. The van der Waals surface area contributed by atoms with Gasteiger partial charge in [-0.3, -0.25) is 14.5 Å². The maximum absolute atomic E-state index is 15.3. The monoisotopic (exact) mass is 515 g/mol. The first-order valence-electron chi connectivity index (χ1n) is 12.6. The highest BCUT2D eigenvalue weighted by Crippen LogP contribution is 2.39. The zero-order chi connectivity index (χ0) is 26.1. The summed E-state index contributed by atoms with van der Waals surface area (Å²) < 4.78 is 27.7. The standard InChI is InChI=1S/C28H26FN5O4/c29-21-10-4-3-9-20(21)27(28(36)30-18-7-1-2-8-18)34(19-13-14-24-25(15-19)38-17-37-24)26(35)16-33-23-12-6-5-11-22(23)31-32-33/h3-6,9-15,18,27H,1-2,7-8,16-17H2,(H,30,36)/t27-/m1/s1. The van der Waals surface area contributed by atoms with Gasteiger partial charge in [-0.2, -0.15) is 0 Å². The van der Waals surface area contributed by atoms with E-state index < -0.39 is 23.7 Å². The molecule has 0 saturated heterocycles. The molecule has 1 aliphatic carbocycles. The van der Waals surface area contributed by atoms with E-state index >= 15 is 4.39 Å². The van der Waals surface area contributed by atoms with Crippen molar-refractivity contribution in [2.75, 3.05) is 11.7 Å². The molecule has 6 rings (SSSR count). The maximum Gasteiger partial charge on any atom is 0.249 e. The molecule has 4 aromatic rings. The molecule has 0 spiro atoms. The minimum absolute atomic E-state index is 0.0234. The number of amides is 2. The second-order valence-corrected chi connectivity index (χ2v) is 9.45. The average Bonchev–Trinajstić information content (AvgIpc) is 3.69. The number of nitrogens with zero attached hydrogens (tertiary/aromatic N) is 4. The van der Waals surface area contributed by atoms with Gasteiger partial charge in [-0.1, -0.05) is 48.4 Å². The lowest BCUT2D eigenvalue weighted by Gasteiger charge is -2.32. The number of para-hydroxylation sites is 1. The number of carbonyl (C=O) groups excluding carboxylic acids is 2. The van der Waals surface area contributed by atoms with Crippen LogP contribution in [0.5, 0.6) is 11.5 Å². The number of benzene rings is 3. The first-order chi connectivity index (χ1) is 18.6. The molecule has 2 amide bonds. The Morgan fingerprint density at radius 1 is 1.03 bits per heavy atom. The van der Waals surface area contributed by atoms with E-state index in [1.807, 2.05) is 18.2 Å². The van der Waals surface area contributed by atoms with Crippen LogP contribution in [0.3, 0.4) is 0 Å². The van der Waals surface area contributed by atoms with Crippen LogP contribution < -0.4 is 19.7 Å². The van der Waals surface area contributed by atoms with Gasteiger partial charge in [0.2, 0.25) is 18.6 Å². The normalized spacial score (nSPS) is 15.5. The van der Waals surface area contributed by atoms with Crippen molar-refractivity contribution in [1.29, 1.82) is 0 Å². The van der Waals surface area contributed by atoms with Crippen LogP contribution in [-0.2, 0) is 16.1 Å². The molecule has 2 heterocycles. The lowest BCUT2D eigenvalue weighted by atomic mass is 10.0. The van der Waals surface area contributed by atoms with Gasteiger partial charge in [0.15, 0.2) is 11.5 Å². The minimum atomic E-state index is -1.26. The average molecular weight is 516 g/mol. The molecule has 0 radical (unpaired) electrons. The molecule has 0 bridgehead atoms. The Morgan fingerprint density at radius 3 is 2.63 bits per heavy atom. The Balaban J connectivity index is 1.44. The lowest BCUT2D eigenvalue weighted by molar-refractivity contribution is -0.127. The number of rotatable bonds is 7. The van der Waals surface area contributed by atoms with Crippen LogP contribution >= 0.6 is 0 Å². The molecule has 38 heavy (non-hydrogen) atoms. The number of fused-ring (bicyclic) bond motifs is 2. The molecule has 1 fully saturated rings. The predicted octanol–water partition coefficient (Wildman–Crippen LogP) is 4.13. The van der Waals surface area contributed by atoms with Crippen molar-refractivity contribution in [3.05, 3.63) is 78.1 Å². The van der Waals surface area contributed by atoms with E-state index in [9.17, 15) is 9.59 Å². The van der Waals surface area contributed by atoms with Crippen molar-refractivity contribution < 1.29 is 23.5 Å². The number of aromatic nitrogens is 3. The number of hydrogen-bond donors (Lipinski definition) is 1. The van der Waals surface area contributed by atoms with E-state index in [1.165, 1.54) is 21.7 Å². The van der Waals surface area contributed by atoms with Gasteiger partial charge in [0.1, 0.15) is 23.9 Å². The van der Waals surface area contributed by atoms with Gasteiger partial charge in [-0.15, -0.1) is 5.10 Å². The molecule has 1 atom stereocenters. The topological polar surface area (TPSA) is 98.6 Å². The van der Waals surface area contributed by atoms with Crippen molar-refractivity contribution >= 4 is 28.5 Å². The molecular weight excluding hydrogens is 489 g/mol. The molecule has 2 aliphatic rings. The van der Waals surface area contributed by atoms with Gasteiger partial charge in [0.05, 0.1) is 5.52 Å². The van der Waals surface area contributed by atoms with Gasteiger partial charge in [-0.05, 0) is 43.2 Å². The minimum Gasteiger partial charge on any atom is -0.454 e. The third-order valence-electron chi connectivity index (χ3n) is 7.02. The Hall–Kier alpha value is -4.47. The molecule has 0 unspecified atom stereocenters. The van der Waals surface area contributed by atoms with Crippen molar-refractivity contribution in [2.45, 2.75) is 44.3 Å². The molecule has 10 heteroatoms. The number of ether oxygens (including phenoxy) is 2. The number of carbonyl (C=O) groups is 2. The second kappa shape index (κ2) is 10.1. The van der Waals surface area contributed by atoms with Crippen LogP contribution in [0, 0.1) is 5.82 Å². The van der Waals surface area contributed by atoms with Crippen LogP contribution in [0.15, 0.2) is 66.7 Å². The molecule has 1 aliphatic heterocycles. The first kappa shape index (κ1) is 23.9. The fraction of sp³-hybridized carbons (Fsp3) is 0.286. The Kier molecular flexibility index (Phi) is 6.36. The van der Waals surface area contributed by atoms with Gasteiger partial charge in [0, 0.05) is 23.4 Å². The van der Waals surface area contributed by atoms with Crippen LogP contribution in [0.2, 0.25) is 0 Å². The number of hydrogen-bond acceptors (Lipinski definition) is 6. The highest BCUT2D eigenvalue weighted by atomic mass is 19.1. The molecule has 3 aromatic carbocycles. The van der Waals surface area contributed by atoms with Crippen molar-refractivity contribution in [3.8, 4) is 11.5 Å². The third-order valence-corrected chi connectivity index (χ3v) is 7.02. The zero-order valence-corrected chi connectivity index (χ0v) is 20.5. The fourth-order valence-electron chi connectivity index (χ4n) is 5.16. The molecule has 1 aromatic heterocycles. The molecule has 1 saturated carbocycles. The SMILES string of the molecule is O=C(NC1CCCC1)[C@@H](c1ccccc1F)N(C(=O)Cn1nnc2ccccc21)c1ccc2c(c1)OCO2. The van der Waals surface area contributed by atoms with Gasteiger partial charge in [-0.25, -0.2) is 9.07 Å². The van der Waals surface area contributed by atoms with Crippen LogP contribution in [0.25, 0.3) is 11.0 Å². The molecular formula is C28H26FN5O4. The highest BCUT2D eigenvalue weighted by Gasteiger charge is 2.37. The number of nitrogens with one attached hydrogen (secondary N) is 1. The molecule has 194 valence electrons. The summed E-state index contributed by atoms with van der Waals surface area (Å²) in [6.07, 6.45) is 3.72. The van der Waals surface area contributed by atoms with Crippen molar-refractivity contribution in [2.24, 2.45) is 0 Å². The summed E-state index contributed by atoms with van der Waals surface area (Å²) >= 11 is 0. The third kappa shape index (κ3) is 4.53. The number of anilines is 1. The fourth-order valence-corrected chi connectivity index (χ4v) is 5.16. The molecule has 1 N–H and O–H groups in total. The van der Waals surface area contributed by atoms with Gasteiger partial charge >= 0.3 is 0 Å². The Bertz CT molecular complexity index is 1500. The van der Waals surface area contributed by atoms with E-state index in [2.05, 4.69) is 15.6 Å². The summed E-state index contributed by atoms with van der Waals surface area (Å²) in [5.41, 5.74) is 1.78. The maximum atomic E-state index is 15.3. The van der Waals surface area contributed by atoms with E-state index in [1.54, 1.807) is 36.4 Å². The summed E-state index contributed by atoms with van der Waals surface area (Å²) in [6.45, 7) is -0.160. The van der Waals surface area contributed by atoms with Crippen molar-refractivity contribution in [3.63, 3.8) is 0 Å². The second-order valence-electron chi connectivity index (χ2n) is 9.45. The largest absolute Gasteiger partial charge is 0.454 e. The summed E-state index contributed by atoms with van der Waals surface area (Å²) in [7, 11) is 0. The van der Waals surface area contributed by atoms with Gasteiger partial charge < -0.3 is 14.8 Å². The summed E-state index contributed by atoms with van der Waals surface area (Å²) in [4.78, 5) is 29.3. The highest BCUT2D eigenvalue weighted by molar-refractivity contribution is 6.02. The zero-order valence-electron chi connectivity index (χ0n) is 20.5. The van der Waals surface area contributed by atoms with Crippen LogP contribution in [-0.4, -0.2) is 39.6 Å². The smallest absolute Gasteiger partial charge is 0.249 e. The molecule has 9 nitrogen and oxygen atoms in total. The lowest BCUT2D eigenvalue weighted by Crippen LogP contribution is -2.47. The van der Waals surface area contributed by atoms with E-state index in [-0.39, 0.29) is 24.9 Å². The Labute approximate surface area is 218 Å². The summed E-state index contributed by atoms with van der Waals surface area (Å²) in [6, 6.07) is 17.0. The van der Waals surface area contributed by atoms with E-state index in [0.29, 0.717) is 28.2 Å². The van der Waals surface area contributed by atoms with Gasteiger partial charge in [0.25, 0.3) is 0 Å². The summed E-state index contributed by atoms with van der Waals surface area (Å²) in [5.74, 6) is -0.522. The van der Waals surface area contributed by atoms with Crippen LogP contribution in [0.1, 0.15) is 37.3 Å². The summed E-state index contributed by atoms with van der Waals surface area (Å²) in [5, 5.41) is 11.3. The quantitative estimate of drug-likeness (QED) is 0.397. The first-order valence-corrected chi connectivity index (χ1v) is 12.6.